The van der Waals surface area contributed by atoms with E-state index < -0.39 is 12.0 Å². The Hall–Kier alpha value is -1.06. The van der Waals surface area contributed by atoms with E-state index in [2.05, 4.69) is 10.1 Å². The zero-order chi connectivity index (χ0) is 11.3. The Morgan fingerprint density at radius 2 is 1.64 bits per heavy atom. The van der Waals surface area contributed by atoms with Crippen LogP contribution in [-0.4, -0.2) is 25.0 Å². The Bertz CT molecular complexity index is 213. The highest BCUT2D eigenvalue weighted by atomic mass is 16.5. The summed E-state index contributed by atoms with van der Waals surface area (Å²) in [5.41, 5.74) is 0. The van der Waals surface area contributed by atoms with Crippen molar-refractivity contribution < 1.29 is 14.3 Å². The first-order valence-corrected chi connectivity index (χ1v) is 4.78. The van der Waals surface area contributed by atoms with E-state index in [1.807, 2.05) is 20.8 Å². The van der Waals surface area contributed by atoms with Crippen LogP contribution in [0.3, 0.4) is 0 Å². The number of nitrogens with one attached hydrogen (secondary N) is 1. The van der Waals surface area contributed by atoms with Gasteiger partial charge in [0.2, 0.25) is 5.91 Å². The zero-order valence-electron chi connectivity index (χ0n) is 9.46. The number of methoxy groups -OCH3 is 1. The molecule has 0 heterocycles. The number of hydrogen-bond donors (Lipinski definition) is 1. The van der Waals surface area contributed by atoms with E-state index in [-0.39, 0.29) is 17.7 Å². The van der Waals surface area contributed by atoms with Gasteiger partial charge in [0.05, 0.1) is 7.11 Å². The average Bonchev–Trinajstić information content (AvgIpc) is 2.14. The number of amides is 1. The van der Waals surface area contributed by atoms with Crippen LogP contribution in [0.1, 0.15) is 27.7 Å². The van der Waals surface area contributed by atoms with E-state index in [4.69, 9.17) is 0 Å². The van der Waals surface area contributed by atoms with Gasteiger partial charge in [0.1, 0.15) is 6.04 Å². The van der Waals surface area contributed by atoms with Crippen LogP contribution < -0.4 is 5.32 Å². The molecular weight excluding hydrogens is 182 g/mol. The molecule has 0 fully saturated rings. The summed E-state index contributed by atoms with van der Waals surface area (Å²) in [6.07, 6.45) is 0. The lowest BCUT2D eigenvalue weighted by Gasteiger charge is -2.18. The lowest BCUT2D eigenvalue weighted by Crippen LogP contribution is -2.42. The lowest BCUT2D eigenvalue weighted by molar-refractivity contribution is -0.145. The third-order valence-electron chi connectivity index (χ3n) is 2.33. The van der Waals surface area contributed by atoms with Crippen LogP contribution in [0.15, 0.2) is 0 Å². The van der Waals surface area contributed by atoms with Crippen molar-refractivity contribution in [3.8, 4) is 0 Å². The summed E-state index contributed by atoms with van der Waals surface area (Å²) in [7, 11) is 1.30. The van der Waals surface area contributed by atoms with Crippen molar-refractivity contribution in [2.45, 2.75) is 33.7 Å². The molecule has 0 aromatic carbocycles. The molecule has 1 amide bonds. The molecule has 0 aliphatic rings. The van der Waals surface area contributed by atoms with Crippen molar-refractivity contribution in [2.24, 2.45) is 11.8 Å². The van der Waals surface area contributed by atoms with Gasteiger partial charge in [0.25, 0.3) is 0 Å². The van der Waals surface area contributed by atoms with Gasteiger partial charge < -0.3 is 10.1 Å². The molecule has 0 aliphatic carbocycles. The number of ether oxygens (including phenoxy) is 1. The van der Waals surface area contributed by atoms with Gasteiger partial charge in [-0.2, -0.15) is 0 Å². The first-order valence-electron chi connectivity index (χ1n) is 4.78. The molecule has 0 aliphatic heterocycles. The number of hydrogen-bond acceptors (Lipinski definition) is 3. The second-order valence-corrected chi connectivity index (χ2v) is 3.79. The molecule has 1 N–H and O–H groups in total. The van der Waals surface area contributed by atoms with Crippen LogP contribution >= 0.6 is 0 Å². The van der Waals surface area contributed by atoms with E-state index in [0.717, 1.165) is 0 Å². The second kappa shape index (κ2) is 5.62. The molecule has 2 atom stereocenters. The van der Waals surface area contributed by atoms with Gasteiger partial charge in [-0.1, -0.05) is 20.8 Å². The van der Waals surface area contributed by atoms with Crippen LogP contribution in [-0.2, 0) is 14.3 Å². The van der Waals surface area contributed by atoms with Gasteiger partial charge in [-0.05, 0) is 12.8 Å². The third-order valence-corrected chi connectivity index (χ3v) is 2.33. The maximum absolute atomic E-state index is 11.5. The topological polar surface area (TPSA) is 55.4 Å². The minimum atomic E-state index is -0.575. The normalized spacial score (nSPS) is 14.7. The van der Waals surface area contributed by atoms with E-state index in [1.165, 1.54) is 7.11 Å². The maximum Gasteiger partial charge on any atom is 0.328 e. The summed E-state index contributed by atoms with van der Waals surface area (Å²) in [5, 5.41) is 2.60. The van der Waals surface area contributed by atoms with Crippen molar-refractivity contribution >= 4 is 11.9 Å². The Morgan fingerprint density at radius 1 is 1.14 bits per heavy atom. The maximum atomic E-state index is 11.5. The monoisotopic (exact) mass is 201 g/mol. The molecule has 0 saturated carbocycles. The third kappa shape index (κ3) is 3.77. The molecule has 82 valence electrons. The molecule has 0 spiro atoms. The van der Waals surface area contributed by atoms with Crippen LogP contribution in [0.4, 0.5) is 0 Å². The summed E-state index contributed by atoms with van der Waals surface area (Å²) >= 11 is 0. The Morgan fingerprint density at radius 3 is 2.00 bits per heavy atom. The van der Waals surface area contributed by atoms with E-state index in [0.29, 0.717) is 0 Å². The molecular formula is C10H19NO3. The van der Waals surface area contributed by atoms with Crippen LogP contribution in [0.5, 0.6) is 0 Å². The molecule has 0 bridgehead atoms. The molecule has 0 radical (unpaired) electrons. The number of rotatable bonds is 4. The van der Waals surface area contributed by atoms with Gasteiger partial charge in [-0.15, -0.1) is 0 Å². The number of esters is 1. The SMILES string of the molecule is COC(=O)C(C)NC(=O)C(C)C(C)C. The Kier molecular flexibility index (Phi) is 5.20. The summed E-state index contributed by atoms with van der Waals surface area (Å²) in [5.74, 6) is -0.367. The molecule has 0 aromatic rings. The van der Waals surface area contributed by atoms with Gasteiger partial charge in [-0.3, -0.25) is 4.79 Å². The quantitative estimate of drug-likeness (QED) is 0.689. The number of carbonyl (C=O) groups is 2. The molecule has 14 heavy (non-hydrogen) atoms. The Balaban J connectivity index is 4.12. The van der Waals surface area contributed by atoms with E-state index >= 15 is 0 Å². The molecule has 2 unspecified atom stereocenters. The average molecular weight is 201 g/mol. The van der Waals surface area contributed by atoms with E-state index in [9.17, 15) is 9.59 Å². The molecule has 0 aromatic heterocycles. The summed E-state index contributed by atoms with van der Waals surface area (Å²) in [4.78, 5) is 22.5. The fraction of sp³-hybridized carbons (Fsp3) is 0.800. The predicted octanol–water partition coefficient (Wildman–Crippen LogP) is 0.956. The first-order chi connectivity index (χ1) is 6.40. The predicted molar refractivity (Wildman–Crippen MR) is 53.6 cm³/mol. The summed E-state index contributed by atoms with van der Waals surface area (Å²) < 4.78 is 4.50. The largest absolute Gasteiger partial charge is 0.467 e. The molecule has 0 rings (SSSR count). The van der Waals surface area contributed by atoms with Gasteiger partial charge in [0.15, 0.2) is 0 Å². The minimum Gasteiger partial charge on any atom is -0.467 e. The Labute approximate surface area is 85.0 Å². The van der Waals surface area contributed by atoms with Crippen molar-refractivity contribution in [1.82, 2.24) is 5.32 Å². The van der Waals surface area contributed by atoms with Crippen LogP contribution in [0, 0.1) is 11.8 Å². The highest BCUT2D eigenvalue weighted by Crippen LogP contribution is 2.09. The highest BCUT2D eigenvalue weighted by molar-refractivity contribution is 5.85. The molecule has 0 saturated heterocycles. The zero-order valence-corrected chi connectivity index (χ0v) is 9.46. The van der Waals surface area contributed by atoms with E-state index in [1.54, 1.807) is 6.92 Å². The summed E-state index contributed by atoms with van der Waals surface area (Å²) in [6, 6.07) is -0.575. The standard InChI is InChI=1S/C10H19NO3/c1-6(2)7(3)9(12)11-8(4)10(13)14-5/h6-8H,1-5H3,(H,11,12). The van der Waals surface area contributed by atoms with Crippen molar-refractivity contribution in [1.29, 1.82) is 0 Å². The van der Waals surface area contributed by atoms with Crippen molar-refractivity contribution in [3.63, 3.8) is 0 Å². The van der Waals surface area contributed by atoms with Gasteiger partial charge in [0, 0.05) is 5.92 Å². The van der Waals surface area contributed by atoms with Crippen molar-refractivity contribution in [3.05, 3.63) is 0 Å². The second-order valence-electron chi connectivity index (χ2n) is 3.79. The van der Waals surface area contributed by atoms with Gasteiger partial charge >= 0.3 is 5.97 Å². The van der Waals surface area contributed by atoms with Gasteiger partial charge in [-0.25, -0.2) is 4.79 Å². The summed E-state index contributed by atoms with van der Waals surface area (Å²) in [6.45, 7) is 7.38. The molecule has 4 nitrogen and oxygen atoms in total. The van der Waals surface area contributed by atoms with Crippen LogP contribution in [0.2, 0.25) is 0 Å². The lowest BCUT2D eigenvalue weighted by atomic mass is 9.97. The van der Waals surface area contributed by atoms with Crippen LogP contribution in [0.25, 0.3) is 0 Å². The fourth-order valence-corrected chi connectivity index (χ4v) is 0.883. The van der Waals surface area contributed by atoms with Crippen molar-refractivity contribution in [2.75, 3.05) is 7.11 Å². The fourth-order valence-electron chi connectivity index (χ4n) is 0.883. The molecule has 4 heteroatoms. The minimum absolute atomic E-state index is 0.0953. The first kappa shape index (κ1) is 12.9. The number of carbonyl (C=O) groups excluding carboxylic acids is 2. The highest BCUT2D eigenvalue weighted by Gasteiger charge is 2.21. The smallest absolute Gasteiger partial charge is 0.328 e.